The molecule has 1 fully saturated rings. The summed E-state index contributed by atoms with van der Waals surface area (Å²) < 4.78 is 5.21. The number of rotatable bonds is 6. The van der Waals surface area contributed by atoms with Crippen LogP contribution in [0.15, 0.2) is 48.7 Å². The van der Waals surface area contributed by atoms with Gasteiger partial charge in [-0.15, -0.1) is 0 Å². The van der Waals surface area contributed by atoms with Crippen LogP contribution in [0.4, 0.5) is 23.0 Å². The van der Waals surface area contributed by atoms with E-state index in [4.69, 9.17) is 9.72 Å². The number of fused-ring (bicyclic) bond motifs is 1. The van der Waals surface area contributed by atoms with Gasteiger partial charge in [-0.1, -0.05) is 26.8 Å². The molecule has 0 saturated carbocycles. The second kappa shape index (κ2) is 12.9. The molecule has 0 spiro atoms. The fourth-order valence-corrected chi connectivity index (χ4v) is 4.73. The fourth-order valence-electron chi connectivity index (χ4n) is 4.73. The Hall–Kier alpha value is -3.65. The molecule has 0 bridgehead atoms. The molecule has 39 heavy (non-hydrogen) atoms. The minimum Gasteiger partial charge on any atom is -0.497 e. The maximum absolute atomic E-state index is 12.4. The van der Waals surface area contributed by atoms with E-state index in [-0.39, 0.29) is 11.3 Å². The lowest BCUT2D eigenvalue weighted by atomic mass is 9.92. The Labute approximate surface area is 232 Å². The number of nitrogens with zero attached hydrogens (tertiary/aromatic N) is 3. The highest BCUT2D eigenvalue weighted by Crippen LogP contribution is 2.30. The van der Waals surface area contributed by atoms with Gasteiger partial charge >= 0.3 is 0 Å². The Kier molecular flexibility index (Phi) is 9.41. The van der Waals surface area contributed by atoms with Gasteiger partial charge in [0.05, 0.1) is 12.8 Å². The van der Waals surface area contributed by atoms with Crippen molar-refractivity contribution in [2.45, 2.75) is 59.9 Å². The lowest BCUT2D eigenvalue weighted by molar-refractivity contribution is -0.117. The number of benzene rings is 2. The van der Waals surface area contributed by atoms with E-state index in [1.165, 1.54) is 31.5 Å². The quantitative estimate of drug-likeness (QED) is 0.369. The van der Waals surface area contributed by atoms with Crippen molar-refractivity contribution in [3.63, 3.8) is 0 Å². The van der Waals surface area contributed by atoms with Gasteiger partial charge in [-0.2, -0.15) is 0 Å². The topological polar surface area (TPSA) is 91.4 Å². The van der Waals surface area contributed by atoms with E-state index in [1.807, 2.05) is 36.5 Å². The second-order valence-corrected chi connectivity index (χ2v) is 11.4. The Morgan fingerprint density at radius 1 is 1.08 bits per heavy atom. The molecule has 1 aromatic heterocycles. The molecule has 0 unspecified atom stereocenters. The van der Waals surface area contributed by atoms with E-state index >= 15 is 0 Å². The van der Waals surface area contributed by atoms with Crippen LogP contribution in [0, 0.1) is 12.3 Å². The van der Waals surface area contributed by atoms with E-state index in [0.29, 0.717) is 12.4 Å². The van der Waals surface area contributed by atoms with Gasteiger partial charge in [0.15, 0.2) is 0 Å². The third-order valence-electron chi connectivity index (χ3n) is 6.76. The predicted molar refractivity (Wildman–Crippen MR) is 159 cm³/mol. The highest BCUT2D eigenvalue weighted by Gasteiger charge is 2.21. The smallest absolute Gasteiger partial charge is 0.227 e. The van der Waals surface area contributed by atoms with Crippen molar-refractivity contribution >= 4 is 28.9 Å². The van der Waals surface area contributed by atoms with Gasteiger partial charge in [-0.3, -0.25) is 4.79 Å². The van der Waals surface area contributed by atoms with Crippen molar-refractivity contribution in [2.24, 2.45) is 5.41 Å². The zero-order chi connectivity index (χ0) is 27.8. The maximum atomic E-state index is 12.4. The summed E-state index contributed by atoms with van der Waals surface area (Å²) >= 11 is 0. The number of carbonyl (C=O) groups is 1. The van der Waals surface area contributed by atoms with Crippen LogP contribution >= 0.6 is 0 Å². The number of methoxy groups -OCH3 is 1. The first-order chi connectivity index (χ1) is 18.7. The largest absolute Gasteiger partial charge is 0.497 e. The van der Waals surface area contributed by atoms with Crippen molar-refractivity contribution in [1.29, 1.82) is 0 Å². The van der Waals surface area contributed by atoms with Crippen LogP contribution in [0.1, 0.15) is 56.9 Å². The summed E-state index contributed by atoms with van der Waals surface area (Å²) in [7, 11) is 1.65. The third kappa shape index (κ3) is 8.42. The van der Waals surface area contributed by atoms with Gasteiger partial charge in [-0.05, 0) is 80.2 Å². The molecule has 3 heterocycles. The summed E-state index contributed by atoms with van der Waals surface area (Å²) in [6.07, 6.45) is 6.00. The number of carbonyl (C=O) groups excluding carboxylic acids is 1. The lowest BCUT2D eigenvalue weighted by Crippen LogP contribution is -2.32. The van der Waals surface area contributed by atoms with Crippen LogP contribution in [0.3, 0.4) is 0 Å². The molecule has 3 N–H and O–H groups in total. The van der Waals surface area contributed by atoms with Gasteiger partial charge in [0.25, 0.3) is 0 Å². The molecule has 8 heteroatoms. The number of ether oxygens (including phenoxy) is 1. The normalized spacial score (nSPS) is 14.6. The molecule has 0 radical (unpaired) electrons. The SMILES string of the molecule is C1CCNC1.COc1ccc(Nc2ncc3c(n2)CCN(c2cc(NC(=O)CC(C)(C)C)ccc2C)C3)cc1. The molecule has 2 aliphatic rings. The molecule has 1 amide bonds. The number of anilines is 4. The highest BCUT2D eigenvalue weighted by molar-refractivity contribution is 5.91. The van der Waals surface area contributed by atoms with Crippen LogP contribution in [0.5, 0.6) is 5.75 Å². The molecule has 2 aromatic carbocycles. The predicted octanol–water partition coefficient (Wildman–Crippen LogP) is 5.84. The van der Waals surface area contributed by atoms with Crippen LogP contribution in [-0.4, -0.2) is 42.6 Å². The van der Waals surface area contributed by atoms with Crippen LogP contribution in [-0.2, 0) is 17.8 Å². The molecule has 0 aliphatic carbocycles. The van der Waals surface area contributed by atoms with Gasteiger partial charge in [0.2, 0.25) is 11.9 Å². The van der Waals surface area contributed by atoms with Crippen molar-refractivity contribution in [3.8, 4) is 5.75 Å². The van der Waals surface area contributed by atoms with E-state index in [2.05, 4.69) is 65.7 Å². The van der Waals surface area contributed by atoms with E-state index < -0.39 is 0 Å². The Morgan fingerprint density at radius 3 is 2.44 bits per heavy atom. The molecule has 8 nitrogen and oxygen atoms in total. The summed E-state index contributed by atoms with van der Waals surface area (Å²) in [5.41, 5.74) is 6.18. The van der Waals surface area contributed by atoms with Gasteiger partial charge < -0.3 is 25.6 Å². The van der Waals surface area contributed by atoms with Crippen molar-refractivity contribution in [2.75, 3.05) is 42.3 Å². The Morgan fingerprint density at radius 2 is 1.79 bits per heavy atom. The standard InChI is InChI=1S/C27H33N5O2.C4H9N/c1-18-6-7-21(29-25(33)15-27(2,3)4)14-24(18)32-13-12-23-19(17-32)16-28-26(31-23)30-20-8-10-22(34-5)11-9-20;1-2-4-5-3-1/h6-11,14,16H,12-13,15,17H2,1-5H3,(H,29,33)(H,28,30,31);5H,1-4H2. The number of amides is 1. The molecule has 208 valence electrons. The van der Waals surface area contributed by atoms with Crippen LogP contribution in [0.2, 0.25) is 0 Å². The zero-order valence-electron chi connectivity index (χ0n) is 23.9. The Bertz CT molecular complexity index is 1240. The zero-order valence-corrected chi connectivity index (χ0v) is 23.9. The minimum absolute atomic E-state index is 0.0385. The molecular formula is C31H42N6O2. The summed E-state index contributed by atoms with van der Waals surface area (Å²) in [6, 6.07) is 13.8. The average Bonchev–Trinajstić information content (AvgIpc) is 3.49. The molecule has 3 aromatic rings. The Balaban J connectivity index is 0.000000634. The fraction of sp³-hybridized carbons (Fsp3) is 0.452. The number of aryl methyl sites for hydroxylation is 1. The van der Waals surface area contributed by atoms with E-state index in [0.717, 1.165) is 53.6 Å². The maximum Gasteiger partial charge on any atom is 0.227 e. The lowest BCUT2D eigenvalue weighted by Gasteiger charge is -2.31. The number of hydrogen-bond donors (Lipinski definition) is 3. The monoisotopic (exact) mass is 530 g/mol. The summed E-state index contributed by atoms with van der Waals surface area (Å²) in [4.78, 5) is 24.0. The second-order valence-electron chi connectivity index (χ2n) is 11.4. The number of hydrogen-bond acceptors (Lipinski definition) is 7. The minimum atomic E-state index is -0.0464. The van der Waals surface area contributed by atoms with Gasteiger partial charge in [0, 0.05) is 54.8 Å². The molecule has 2 aliphatic heterocycles. The highest BCUT2D eigenvalue weighted by atomic mass is 16.5. The molecule has 0 atom stereocenters. The van der Waals surface area contributed by atoms with E-state index in [9.17, 15) is 4.79 Å². The first-order valence-corrected chi connectivity index (χ1v) is 13.8. The summed E-state index contributed by atoms with van der Waals surface area (Å²) in [6.45, 7) is 12.4. The van der Waals surface area contributed by atoms with Crippen molar-refractivity contribution in [3.05, 3.63) is 65.5 Å². The molecular weight excluding hydrogens is 488 g/mol. The van der Waals surface area contributed by atoms with Crippen LogP contribution in [0.25, 0.3) is 0 Å². The van der Waals surface area contributed by atoms with Crippen LogP contribution < -0.4 is 25.6 Å². The number of aromatic nitrogens is 2. The van der Waals surface area contributed by atoms with Crippen molar-refractivity contribution in [1.82, 2.24) is 15.3 Å². The van der Waals surface area contributed by atoms with Gasteiger partial charge in [0.1, 0.15) is 5.75 Å². The first kappa shape index (κ1) is 28.4. The summed E-state index contributed by atoms with van der Waals surface area (Å²) in [5, 5.41) is 9.55. The molecule has 5 rings (SSSR count). The summed E-state index contributed by atoms with van der Waals surface area (Å²) in [5.74, 6) is 1.44. The van der Waals surface area contributed by atoms with Crippen molar-refractivity contribution < 1.29 is 9.53 Å². The van der Waals surface area contributed by atoms with Gasteiger partial charge in [-0.25, -0.2) is 9.97 Å². The van der Waals surface area contributed by atoms with E-state index in [1.54, 1.807) is 7.11 Å². The first-order valence-electron chi connectivity index (χ1n) is 13.8. The third-order valence-corrected chi connectivity index (χ3v) is 6.76. The average molecular weight is 531 g/mol. The molecule has 1 saturated heterocycles. The number of nitrogens with one attached hydrogen (secondary N) is 3.